The summed E-state index contributed by atoms with van der Waals surface area (Å²) in [5, 5.41) is 21.7. The van der Waals surface area contributed by atoms with Crippen LogP contribution in [0.1, 0.15) is 86.1 Å². The molecule has 188 valence electrons. The van der Waals surface area contributed by atoms with Gasteiger partial charge in [-0.15, -0.1) is 0 Å². The van der Waals surface area contributed by atoms with E-state index in [9.17, 15) is 10.2 Å². The van der Waals surface area contributed by atoms with Gasteiger partial charge < -0.3 is 10.2 Å². The molecule has 0 amide bonds. The van der Waals surface area contributed by atoms with Crippen molar-refractivity contribution >= 4 is 0 Å². The van der Waals surface area contributed by atoms with Crippen LogP contribution in [-0.4, -0.2) is 46.2 Å². The lowest BCUT2D eigenvalue weighted by Gasteiger charge is -2.36. The second kappa shape index (κ2) is 9.54. The van der Waals surface area contributed by atoms with Crippen molar-refractivity contribution in [3.05, 3.63) is 56.6 Å². The lowest BCUT2D eigenvalue weighted by atomic mass is 9.82. The summed E-state index contributed by atoms with van der Waals surface area (Å²) in [4.78, 5) is 5.00. The van der Waals surface area contributed by atoms with E-state index in [1.54, 1.807) is 0 Å². The van der Waals surface area contributed by atoms with Gasteiger partial charge >= 0.3 is 0 Å². The van der Waals surface area contributed by atoms with Gasteiger partial charge in [-0.25, -0.2) is 0 Å². The van der Waals surface area contributed by atoms with E-state index < -0.39 is 0 Å². The van der Waals surface area contributed by atoms with Gasteiger partial charge in [0, 0.05) is 39.3 Å². The van der Waals surface area contributed by atoms with Crippen LogP contribution in [0, 0.1) is 27.7 Å². The van der Waals surface area contributed by atoms with Gasteiger partial charge in [0.25, 0.3) is 0 Å². The number of phenols is 2. The Morgan fingerprint density at radius 2 is 0.912 bits per heavy atom. The first kappa shape index (κ1) is 26.6. The summed E-state index contributed by atoms with van der Waals surface area (Å²) in [6.45, 7) is 27.2. The molecule has 4 nitrogen and oxygen atoms in total. The summed E-state index contributed by atoms with van der Waals surface area (Å²) in [7, 11) is 0. The molecule has 2 aromatic carbocycles. The van der Waals surface area contributed by atoms with Gasteiger partial charge in [-0.2, -0.15) is 0 Å². The Kier molecular flexibility index (Phi) is 7.46. The lowest BCUT2D eigenvalue weighted by molar-refractivity contribution is 0.121. The average molecular weight is 467 g/mol. The van der Waals surface area contributed by atoms with Gasteiger partial charge in [0.05, 0.1) is 0 Å². The predicted molar refractivity (Wildman–Crippen MR) is 143 cm³/mol. The van der Waals surface area contributed by atoms with E-state index in [-0.39, 0.29) is 10.8 Å². The molecule has 0 atom stereocenters. The third-order valence-corrected chi connectivity index (χ3v) is 7.64. The fourth-order valence-electron chi connectivity index (χ4n) is 5.21. The molecule has 1 fully saturated rings. The summed E-state index contributed by atoms with van der Waals surface area (Å²) >= 11 is 0. The zero-order chi connectivity index (χ0) is 25.6. The van der Waals surface area contributed by atoms with Crippen molar-refractivity contribution in [1.29, 1.82) is 0 Å². The Morgan fingerprint density at radius 3 is 1.18 bits per heavy atom. The van der Waals surface area contributed by atoms with Gasteiger partial charge in [0.15, 0.2) is 0 Å². The monoisotopic (exact) mass is 466 g/mol. The SMILES string of the molecule is Cc1cc(C(C)(C)C)c(O)c(C)c1CN1CCN(Cc2c(C)cc(C(C)(C)C)c(O)c2C)CC1. The maximum atomic E-state index is 10.9. The number of aryl methyl sites for hydroxylation is 2. The number of nitrogens with zero attached hydrogens (tertiary/aromatic N) is 2. The van der Waals surface area contributed by atoms with E-state index in [4.69, 9.17) is 0 Å². The number of hydrogen-bond acceptors (Lipinski definition) is 4. The van der Waals surface area contributed by atoms with E-state index in [0.717, 1.165) is 61.5 Å². The van der Waals surface area contributed by atoms with Crippen LogP contribution in [0.4, 0.5) is 0 Å². The molecule has 1 saturated heterocycles. The summed E-state index contributed by atoms with van der Waals surface area (Å²) in [6.07, 6.45) is 0. The topological polar surface area (TPSA) is 46.9 Å². The van der Waals surface area contributed by atoms with E-state index in [1.165, 1.54) is 22.3 Å². The second-order valence-electron chi connectivity index (χ2n) is 12.4. The quantitative estimate of drug-likeness (QED) is 0.559. The molecule has 1 aliphatic rings. The number of hydrogen-bond donors (Lipinski definition) is 2. The third kappa shape index (κ3) is 5.44. The molecule has 0 saturated carbocycles. The van der Waals surface area contributed by atoms with Crippen molar-refractivity contribution in [1.82, 2.24) is 9.80 Å². The van der Waals surface area contributed by atoms with Gasteiger partial charge in [-0.1, -0.05) is 53.7 Å². The minimum atomic E-state index is -0.0699. The number of aromatic hydroxyl groups is 2. The maximum absolute atomic E-state index is 10.9. The average Bonchev–Trinajstić information content (AvgIpc) is 2.73. The van der Waals surface area contributed by atoms with Gasteiger partial charge in [0.1, 0.15) is 11.5 Å². The van der Waals surface area contributed by atoms with Gasteiger partial charge in [-0.05, 0) is 83.0 Å². The molecule has 4 heteroatoms. The Hall–Kier alpha value is -2.04. The van der Waals surface area contributed by atoms with Crippen molar-refractivity contribution in [2.75, 3.05) is 26.2 Å². The highest BCUT2D eigenvalue weighted by Gasteiger charge is 2.26. The van der Waals surface area contributed by atoms with Crippen LogP contribution in [0.3, 0.4) is 0 Å². The molecule has 2 N–H and O–H groups in total. The summed E-state index contributed by atoms with van der Waals surface area (Å²) in [6, 6.07) is 4.35. The maximum Gasteiger partial charge on any atom is 0.122 e. The molecule has 2 aromatic rings. The Bertz CT molecular complexity index is 964. The number of phenolic OH excluding ortho intramolecular Hbond substituents is 2. The zero-order valence-corrected chi connectivity index (χ0v) is 23.2. The van der Waals surface area contributed by atoms with Crippen LogP contribution in [0.15, 0.2) is 12.1 Å². The van der Waals surface area contributed by atoms with Crippen molar-refractivity contribution in [3.8, 4) is 11.5 Å². The van der Waals surface area contributed by atoms with Gasteiger partial charge in [0.2, 0.25) is 0 Å². The van der Waals surface area contributed by atoms with Crippen LogP contribution in [-0.2, 0) is 23.9 Å². The smallest absolute Gasteiger partial charge is 0.122 e. The molecule has 0 aromatic heterocycles. The molecule has 0 spiro atoms. The first-order valence-corrected chi connectivity index (χ1v) is 12.7. The van der Waals surface area contributed by atoms with E-state index in [0.29, 0.717) is 11.5 Å². The van der Waals surface area contributed by atoms with Crippen LogP contribution in [0.2, 0.25) is 0 Å². The van der Waals surface area contributed by atoms with E-state index >= 15 is 0 Å². The highest BCUT2D eigenvalue weighted by molar-refractivity contribution is 5.52. The van der Waals surface area contributed by atoms with Crippen LogP contribution in [0.25, 0.3) is 0 Å². The van der Waals surface area contributed by atoms with Crippen molar-refractivity contribution in [2.24, 2.45) is 0 Å². The largest absolute Gasteiger partial charge is 0.507 e. The zero-order valence-electron chi connectivity index (χ0n) is 23.2. The van der Waals surface area contributed by atoms with Crippen LogP contribution < -0.4 is 0 Å². The molecule has 3 rings (SSSR count). The first-order valence-electron chi connectivity index (χ1n) is 12.7. The van der Waals surface area contributed by atoms with Crippen molar-refractivity contribution in [2.45, 2.75) is 93.2 Å². The Labute approximate surface area is 207 Å². The molecular weight excluding hydrogens is 420 g/mol. The number of rotatable bonds is 4. The van der Waals surface area contributed by atoms with Crippen LogP contribution in [0.5, 0.6) is 11.5 Å². The summed E-state index contributed by atoms with van der Waals surface area (Å²) in [5.74, 6) is 0.910. The van der Waals surface area contributed by atoms with Crippen LogP contribution >= 0.6 is 0 Å². The fourth-order valence-corrected chi connectivity index (χ4v) is 5.21. The summed E-state index contributed by atoms with van der Waals surface area (Å²) in [5.41, 5.74) is 9.01. The normalized spacial score (nSPS) is 16.3. The van der Waals surface area contributed by atoms with E-state index in [2.05, 4.69) is 91.2 Å². The van der Waals surface area contributed by atoms with Crippen molar-refractivity contribution in [3.63, 3.8) is 0 Å². The molecule has 0 aliphatic carbocycles. The third-order valence-electron chi connectivity index (χ3n) is 7.64. The standard InChI is InChI=1S/C30H46N2O2/c1-19-15-25(29(5,6)7)27(33)21(3)23(19)17-31-11-13-32(14-12-31)18-24-20(2)16-26(30(8,9)10)28(34)22(24)4/h15-16,33-34H,11-14,17-18H2,1-10H3. The first-order chi connectivity index (χ1) is 15.6. The Balaban J connectivity index is 1.70. The number of piperazine rings is 1. The second-order valence-corrected chi connectivity index (χ2v) is 12.4. The highest BCUT2D eigenvalue weighted by atomic mass is 16.3. The molecule has 34 heavy (non-hydrogen) atoms. The fraction of sp³-hybridized carbons (Fsp3) is 0.600. The molecule has 1 aliphatic heterocycles. The molecule has 1 heterocycles. The molecule has 0 unspecified atom stereocenters. The van der Waals surface area contributed by atoms with Crippen molar-refractivity contribution < 1.29 is 10.2 Å². The lowest BCUT2D eigenvalue weighted by Crippen LogP contribution is -2.45. The highest BCUT2D eigenvalue weighted by Crippen LogP contribution is 2.38. The summed E-state index contributed by atoms with van der Waals surface area (Å²) < 4.78 is 0. The minimum Gasteiger partial charge on any atom is -0.507 e. The molecule has 0 radical (unpaired) electrons. The van der Waals surface area contributed by atoms with Gasteiger partial charge in [-0.3, -0.25) is 9.80 Å². The number of benzene rings is 2. The Morgan fingerprint density at radius 1 is 0.618 bits per heavy atom. The minimum absolute atomic E-state index is 0.0699. The predicted octanol–water partition coefficient (Wildman–Crippen LogP) is 6.24. The molecular formula is C30H46N2O2. The van der Waals surface area contributed by atoms with E-state index in [1.807, 2.05) is 0 Å². The molecule has 0 bridgehead atoms.